The summed E-state index contributed by atoms with van der Waals surface area (Å²) >= 11 is 0. The quantitative estimate of drug-likeness (QED) is 0.811. The fourth-order valence-corrected chi connectivity index (χ4v) is 2.57. The monoisotopic (exact) mass is 262 g/mol. The fourth-order valence-electron chi connectivity index (χ4n) is 2.57. The molecule has 0 aromatic carbocycles. The molecule has 2 rings (SSSR count). The highest BCUT2D eigenvalue weighted by atomic mass is 16.2. The van der Waals surface area contributed by atoms with Crippen molar-refractivity contribution in [1.29, 1.82) is 0 Å². The summed E-state index contributed by atoms with van der Waals surface area (Å²) in [6.07, 6.45) is 3.63. The van der Waals surface area contributed by atoms with Crippen molar-refractivity contribution < 1.29 is 4.79 Å². The molecule has 19 heavy (non-hydrogen) atoms. The number of piperidine rings is 1. The zero-order valence-electron chi connectivity index (χ0n) is 12.2. The van der Waals surface area contributed by atoms with Gasteiger partial charge in [0.2, 0.25) is 5.91 Å². The van der Waals surface area contributed by atoms with Crippen LogP contribution in [0.1, 0.15) is 31.0 Å². The van der Waals surface area contributed by atoms with Crippen LogP contribution in [0.4, 0.5) is 5.82 Å². The lowest BCUT2D eigenvalue weighted by Crippen LogP contribution is -2.45. The number of hydrogen-bond donors (Lipinski definition) is 0. The number of aryl methyl sites for hydroxylation is 1. The van der Waals surface area contributed by atoms with E-state index in [0.717, 1.165) is 43.0 Å². The minimum absolute atomic E-state index is 0.146. The minimum Gasteiger partial charge on any atom is -0.356 e. The Balaban J connectivity index is 2.04. The van der Waals surface area contributed by atoms with Gasteiger partial charge in [-0.2, -0.15) is 0 Å². The molecule has 5 heteroatoms. The van der Waals surface area contributed by atoms with Crippen LogP contribution in [0.3, 0.4) is 0 Å². The maximum atomic E-state index is 11.4. The lowest BCUT2D eigenvalue weighted by Gasteiger charge is -2.37. The molecule has 0 unspecified atom stereocenters. The van der Waals surface area contributed by atoms with Crippen molar-refractivity contribution in [2.75, 3.05) is 25.0 Å². The Morgan fingerprint density at radius 2 is 1.95 bits per heavy atom. The van der Waals surface area contributed by atoms with E-state index >= 15 is 0 Å². The lowest BCUT2D eigenvalue weighted by atomic mass is 10.0. The third kappa shape index (κ3) is 2.85. The summed E-state index contributed by atoms with van der Waals surface area (Å²) < 4.78 is 0. The molecule has 1 fully saturated rings. The van der Waals surface area contributed by atoms with Crippen LogP contribution in [0, 0.1) is 13.8 Å². The van der Waals surface area contributed by atoms with Crippen molar-refractivity contribution in [3.8, 4) is 0 Å². The Hall–Kier alpha value is -1.65. The average molecular weight is 262 g/mol. The van der Waals surface area contributed by atoms with Gasteiger partial charge in [0.15, 0.2) is 0 Å². The van der Waals surface area contributed by atoms with Crippen molar-refractivity contribution in [2.24, 2.45) is 0 Å². The standard InChI is InChI=1S/C14H22N4O/c1-10-11(2)15-9-16-14(10)18-7-5-13(6-8-18)17(4)12(3)19/h9,13H,5-8H2,1-4H3. The van der Waals surface area contributed by atoms with E-state index in [1.165, 1.54) is 0 Å². The van der Waals surface area contributed by atoms with Crippen molar-refractivity contribution >= 4 is 11.7 Å². The van der Waals surface area contributed by atoms with Gasteiger partial charge in [-0.3, -0.25) is 4.79 Å². The number of hydrogen-bond acceptors (Lipinski definition) is 4. The third-order valence-electron chi connectivity index (χ3n) is 4.12. The first kappa shape index (κ1) is 13.8. The highest BCUT2D eigenvalue weighted by Gasteiger charge is 2.25. The molecule has 0 radical (unpaired) electrons. The molecule has 1 aromatic heterocycles. The summed E-state index contributed by atoms with van der Waals surface area (Å²) in [6, 6.07) is 0.358. The number of amides is 1. The van der Waals surface area contributed by atoms with E-state index in [1.54, 1.807) is 13.3 Å². The van der Waals surface area contributed by atoms with Gasteiger partial charge in [0.25, 0.3) is 0 Å². The molecule has 1 aliphatic heterocycles. The SMILES string of the molecule is CC(=O)N(C)C1CCN(c2ncnc(C)c2C)CC1. The van der Waals surface area contributed by atoms with Crippen LogP contribution in [-0.2, 0) is 4.79 Å². The second-order valence-corrected chi connectivity index (χ2v) is 5.26. The van der Waals surface area contributed by atoms with Crippen LogP contribution in [0.5, 0.6) is 0 Å². The molecule has 1 aliphatic rings. The van der Waals surface area contributed by atoms with Gasteiger partial charge >= 0.3 is 0 Å². The van der Waals surface area contributed by atoms with Crippen LogP contribution in [0.2, 0.25) is 0 Å². The van der Waals surface area contributed by atoms with Crippen molar-refractivity contribution in [3.63, 3.8) is 0 Å². The first-order valence-corrected chi connectivity index (χ1v) is 6.77. The molecular formula is C14H22N4O. The number of carbonyl (C=O) groups is 1. The van der Waals surface area contributed by atoms with Crippen molar-refractivity contribution in [3.05, 3.63) is 17.6 Å². The van der Waals surface area contributed by atoms with Gasteiger partial charge in [0.1, 0.15) is 12.1 Å². The van der Waals surface area contributed by atoms with E-state index in [1.807, 2.05) is 18.9 Å². The third-order valence-corrected chi connectivity index (χ3v) is 4.12. The van der Waals surface area contributed by atoms with Crippen LogP contribution < -0.4 is 4.90 Å². The molecule has 1 amide bonds. The van der Waals surface area contributed by atoms with Gasteiger partial charge in [-0.1, -0.05) is 0 Å². The van der Waals surface area contributed by atoms with Crippen LogP contribution in [0.25, 0.3) is 0 Å². The number of anilines is 1. The molecule has 0 spiro atoms. The van der Waals surface area contributed by atoms with E-state index in [2.05, 4.69) is 21.8 Å². The molecular weight excluding hydrogens is 240 g/mol. The second kappa shape index (κ2) is 5.55. The summed E-state index contributed by atoms with van der Waals surface area (Å²) in [4.78, 5) is 24.2. The molecule has 0 atom stereocenters. The molecule has 2 heterocycles. The highest BCUT2D eigenvalue weighted by molar-refractivity contribution is 5.73. The molecule has 5 nitrogen and oxygen atoms in total. The summed E-state index contributed by atoms with van der Waals surface area (Å²) in [7, 11) is 1.89. The maximum absolute atomic E-state index is 11.4. The maximum Gasteiger partial charge on any atom is 0.219 e. The highest BCUT2D eigenvalue weighted by Crippen LogP contribution is 2.23. The largest absolute Gasteiger partial charge is 0.356 e. The summed E-state index contributed by atoms with van der Waals surface area (Å²) in [6.45, 7) is 7.60. The fraction of sp³-hybridized carbons (Fsp3) is 0.643. The molecule has 1 saturated heterocycles. The average Bonchev–Trinajstić information content (AvgIpc) is 2.41. The number of nitrogens with zero attached hydrogens (tertiary/aromatic N) is 4. The Kier molecular flexibility index (Phi) is 4.02. The number of carbonyl (C=O) groups excluding carboxylic acids is 1. The zero-order valence-corrected chi connectivity index (χ0v) is 12.2. The molecule has 0 N–H and O–H groups in total. The summed E-state index contributed by atoms with van der Waals surface area (Å²) in [5, 5.41) is 0. The Morgan fingerprint density at radius 1 is 1.32 bits per heavy atom. The second-order valence-electron chi connectivity index (χ2n) is 5.26. The first-order chi connectivity index (χ1) is 9.00. The van der Waals surface area contributed by atoms with Crippen LogP contribution in [-0.4, -0.2) is 47.0 Å². The topological polar surface area (TPSA) is 49.3 Å². The Labute approximate surface area is 114 Å². The molecule has 0 bridgehead atoms. The predicted molar refractivity (Wildman–Crippen MR) is 75.2 cm³/mol. The smallest absolute Gasteiger partial charge is 0.219 e. The van der Waals surface area contributed by atoms with Gasteiger partial charge < -0.3 is 9.80 Å². The summed E-state index contributed by atoms with van der Waals surface area (Å²) in [5.41, 5.74) is 2.19. The van der Waals surface area contributed by atoms with Gasteiger partial charge in [-0.25, -0.2) is 9.97 Å². The van der Waals surface area contributed by atoms with Gasteiger partial charge in [0.05, 0.1) is 0 Å². The summed E-state index contributed by atoms with van der Waals surface area (Å²) in [5.74, 6) is 1.18. The molecule has 1 aromatic rings. The van der Waals surface area contributed by atoms with Gasteiger partial charge in [-0.15, -0.1) is 0 Å². The predicted octanol–water partition coefficient (Wildman–Crippen LogP) is 1.54. The number of aromatic nitrogens is 2. The molecule has 104 valence electrons. The molecule has 0 saturated carbocycles. The zero-order chi connectivity index (χ0) is 14.0. The molecule has 0 aliphatic carbocycles. The lowest BCUT2D eigenvalue weighted by molar-refractivity contribution is -0.129. The van der Waals surface area contributed by atoms with Crippen molar-refractivity contribution in [1.82, 2.24) is 14.9 Å². The van der Waals surface area contributed by atoms with Gasteiger partial charge in [-0.05, 0) is 26.7 Å². The van der Waals surface area contributed by atoms with E-state index in [0.29, 0.717) is 6.04 Å². The van der Waals surface area contributed by atoms with Gasteiger partial charge in [0, 0.05) is 44.4 Å². The van der Waals surface area contributed by atoms with Crippen LogP contribution >= 0.6 is 0 Å². The first-order valence-electron chi connectivity index (χ1n) is 6.77. The minimum atomic E-state index is 0.146. The van der Waals surface area contributed by atoms with E-state index in [9.17, 15) is 4.79 Å². The normalized spacial score (nSPS) is 16.5. The van der Waals surface area contributed by atoms with E-state index < -0.39 is 0 Å². The van der Waals surface area contributed by atoms with E-state index in [4.69, 9.17) is 0 Å². The Bertz CT molecular complexity index is 467. The Morgan fingerprint density at radius 3 is 2.53 bits per heavy atom. The van der Waals surface area contributed by atoms with Crippen LogP contribution in [0.15, 0.2) is 6.33 Å². The number of rotatable bonds is 2. The van der Waals surface area contributed by atoms with E-state index in [-0.39, 0.29) is 5.91 Å². The van der Waals surface area contributed by atoms with Crippen molar-refractivity contribution in [2.45, 2.75) is 39.7 Å².